The van der Waals surface area contributed by atoms with Crippen molar-refractivity contribution >= 4 is 5.97 Å². The highest BCUT2D eigenvalue weighted by Crippen LogP contribution is 2.15. The quantitative estimate of drug-likeness (QED) is 0.746. The highest BCUT2D eigenvalue weighted by atomic mass is 16.4. The molecule has 0 radical (unpaired) electrons. The molecule has 0 unspecified atom stereocenters. The fraction of sp³-hybridized carbons (Fsp3) is 0.556. The Morgan fingerprint density at radius 3 is 2.69 bits per heavy atom. The predicted octanol–water partition coefficient (Wildman–Crippen LogP) is 1.61. The molecular formula is C9H14N2O2. The smallest absolute Gasteiger partial charge is 0.356 e. The average molecular weight is 182 g/mol. The van der Waals surface area contributed by atoms with Crippen LogP contribution in [0, 0.1) is 12.8 Å². The van der Waals surface area contributed by atoms with Crippen LogP contribution in [0.2, 0.25) is 0 Å². The molecule has 4 nitrogen and oxygen atoms in total. The lowest BCUT2D eigenvalue weighted by atomic mass is 10.0. The fourth-order valence-electron chi connectivity index (χ4n) is 1.29. The first kappa shape index (κ1) is 9.77. The number of H-pyrrole nitrogens is 1. The molecule has 1 rings (SSSR count). The molecule has 0 amide bonds. The number of nitrogens with zero attached hydrogens (tertiary/aromatic N) is 1. The summed E-state index contributed by atoms with van der Waals surface area (Å²) in [5, 5.41) is 15.2. The van der Waals surface area contributed by atoms with E-state index in [-0.39, 0.29) is 5.69 Å². The first-order valence-electron chi connectivity index (χ1n) is 4.29. The Morgan fingerprint density at radius 1 is 1.62 bits per heavy atom. The molecule has 1 aromatic heterocycles. The van der Waals surface area contributed by atoms with Crippen LogP contribution in [0.25, 0.3) is 0 Å². The van der Waals surface area contributed by atoms with Crippen LogP contribution in [0.3, 0.4) is 0 Å². The molecule has 0 aliphatic rings. The van der Waals surface area contributed by atoms with E-state index in [2.05, 4.69) is 24.0 Å². The molecule has 0 saturated heterocycles. The Balaban J connectivity index is 3.01. The lowest BCUT2D eigenvalue weighted by Gasteiger charge is -2.03. The van der Waals surface area contributed by atoms with E-state index in [1.165, 1.54) is 0 Å². The van der Waals surface area contributed by atoms with Gasteiger partial charge in [0.1, 0.15) is 0 Å². The minimum absolute atomic E-state index is 0.159. The summed E-state index contributed by atoms with van der Waals surface area (Å²) in [6.07, 6.45) is 0.754. The molecule has 1 aromatic rings. The molecule has 0 spiro atoms. The van der Waals surface area contributed by atoms with Crippen LogP contribution in [0.4, 0.5) is 0 Å². The number of rotatable bonds is 3. The standard InChI is InChI=1S/C9H14N2O2/c1-5(2)4-7-6(3)10-11-8(7)9(12)13/h5H,4H2,1-3H3,(H,10,11)(H,12,13). The number of carbonyl (C=O) groups is 1. The second-order valence-corrected chi connectivity index (χ2v) is 3.58. The SMILES string of the molecule is Cc1[nH]nc(C(=O)O)c1CC(C)C. The molecule has 1 heterocycles. The third-order valence-electron chi connectivity index (χ3n) is 1.89. The van der Waals surface area contributed by atoms with Gasteiger partial charge < -0.3 is 5.11 Å². The zero-order valence-electron chi connectivity index (χ0n) is 8.09. The normalized spacial score (nSPS) is 10.8. The number of aromatic nitrogens is 2. The number of carboxylic acids is 1. The number of hydrogen-bond acceptors (Lipinski definition) is 2. The van der Waals surface area contributed by atoms with Gasteiger partial charge in [0.15, 0.2) is 5.69 Å². The van der Waals surface area contributed by atoms with Gasteiger partial charge in [-0.1, -0.05) is 13.8 Å². The molecule has 0 atom stereocenters. The van der Waals surface area contributed by atoms with Gasteiger partial charge in [-0.15, -0.1) is 0 Å². The molecule has 2 N–H and O–H groups in total. The molecule has 0 saturated carbocycles. The van der Waals surface area contributed by atoms with Crippen molar-refractivity contribution in [2.24, 2.45) is 5.92 Å². The van der Waals surface area contributed by atoms with E-state index in [1.54, 1.807) is 0 Å². The van der Waals surface area contributed by atoms with Crippen molar-refractivity contribution < 1.29 is 9.90 Å². The van der Waals surface area contributed by atoms with E-state index in [1.807, 2.05) is 6.92 Å². The van der Waals surface area contributed by atoms with Crippen molar-refractivity contribution in [3.63, 3.8) is 0 Å². The molecule has 0 bridgehead atoms. The highest BCUT2D eigenvalue weighted by molar-refractivity contribution is 5.87. The van der Waals surface area contributed by atoms with E-state index < -0.39 is 5.97 Å². The maximum Gasteiger partial charge on any atom is 0.356 e. The van der Waals surface area contributed by atoms with Gasteiger partial charge in [-0.2, -0.15) is 5.10 Å². The average Bonchev–Trinajstić information content (AvgIpc) is 2.32. The monoisotopic (exact) mass is 182 g/mol. The summed E-state index contributed by atoms with van der Waals surface area (Å²) in [7, 11) is 0. The van der Waals surface area contributed by atoms with E-state index >= 15 is 0 Å². The van der Waals surface area contributed by atoms with Crippen molar-refractivity contribution in [3.05, 3.63) is 17.0 Å². The first-order chi connectivity index (χ1) is 6.02. The molecule has 13 heavy (non-hydrogen) atoms. The van der Waals surface area contributed by atoms with Crippen LogP contribution in [0.15, 0.2) is 0 Å². The predicted molar refractivity (Wildman–Crippen MR) is 48.8 cm³/mol. The van der Waals surface area contributed by atoms with Crippen LogP contribution in [-0.2, 0) is 6.42 Å². The summed E-state index contributed by atoms with van der Waals surface area (Å²) in [6, 6.07) is 0. The molecule has 0 fully saturated rings. The summed E-state index contributed by atoms with van der Waals surface area (Å²) in [6.45, 7) is 5.95. The van der Waals surface area contributed by atoms with E-state index in [9.17, 15) is 4.79 Å². The second kappa shape index (κ2) is 3.60. The van der Waals surface area contributed by atoms with Crippen LogP contribution >= 0.6 is 0 Å². The molecule has 0 aliphatic heterocycles. The van der Waals surface area contributed by atoms with Gasteiger partial charge in [-0.25, -0.2) is 4.79 Å². The lowest BCUT2D eigenvalue weighted by Crippen LogP contribution is -2.04. The third kappa shape index (κ3) is 2.08. The van der Waals surface area contributed by atoms with E-state index in [0.717, 1.165) is 17.7 Å². The number of aryl methyl sites for hydroxylation is 1. The van der Waals surface area contributed by atoms with Crippen molar-refractivity contribution in [1.82, 2.24) is 10.2 Å². The molecule has 4 heteroatoms. The van der Waals surface area contributed by atoms with Crippen LogP contribution in [0.5, 0.6) is 0 Å². The Labute approximate surface area is 77.0 Å². The Kier molecular flexibility index (Phi) is 2.70. The Morgan fingerprint density at radius 2 is 2.23 bits per heavy atom. The molecular weight excluding hydrogens is 168 g/mol. The van der Waals surface area contributed by atoms with Gasteiger partial charge in [0.05, 0.1) is 0 Å². The zero-order chi connectivity index (χ0) is 10.0. The van der Waals surface area contributed by atoms with Crippen molar-refractivity contribution in [2.75, 3.05) is 0 Å². The van der Waals surface area contributed by atoms with Gasteiger partial charge >= 0.3 is 5.97 Å². The number of carboxylic acid groups (broad SMARTS) is 1. The van der Waals surface area contributed by atoms with Crippen molar-refractivity contribution in [1.29, 1.82) is 0 Å². The Hall–Kier alpha value is -1.32. The van der Waals surface area contributed by atoms with Crippen molar-refractivity contribution in [2.45, 2.75) is 27.2 Å². The lowest BCUT2D eigenvalue weighted by molar-refractivity contribution is 0.0689. The van der Waals surface area contributed by atoms with Crippen LogP contribution in [-0.4, -0.2) is 21.3 Å². The van der Waals surface area contributed by atoms with Gasteiger partial charge in [0, 0.05) is 11.3 Å². The highest BCUT2D eigenvalue weighted by Gasteiger charge is 2.16. The minimum Gasteiger partial charge on any atom is -0.476 e. The van der Waals surface area contributed by atoms with Gasteiger partial charge in [0.25, 0.3) is 0 Å². The first-order valence-corrected chi connectivity index (χ1v) is 4.29. The van der Waals surface area contributed by atoms with E-state index in [0.29, 0.717) is 5.92 Å². The number of nitrogens with one attached hydrogen (secondary N) is 1. The fourth-order valence-corrected chi connectivity index (χ4v) is 1.29. The number of aromatic carboxylic acids is 1. The number of hydrogen-bond donors (Lipinski definition) is 2. The topological polar surface area (TPSA) is 66.0 Å². The number of aromatic amines is 1. The van der Waals surface area contributed by atoms with Gasteiger partial charge in [-0.05, 0) is 19.3 Å². The molecule has 72 valence electrons. The summed E-state index contributed by atoms with van der Waals surface area (Å²) in [5.41, 5.74) is 1.83. The zero-order valence-corrected chi connectivity index (χ0v) is 8.09. The maximum absolute atomic E-state index is 10.7. The second-order valence-electron chi connectivity index (χ2n) is 3.58. The summed E-state index contributed by atoms with van der Waals surface area (Å²) < 4.78 is 0. The summed E-state index contributed by atoms with van der Waals surface area (Å²) in [4.78, 5) is 10.7. The van der Waals surface area contributed by atoms with Crippen LogP contribution < -0.4 is 0 Å². The maximum atomic E-state index is 10.7. The third-order valence-corrected chi connectivity index (χ3v) is 1.89. The van der Waals surface area contributed by atoms with Gasteiger partial charge in [-0.3, -0.25) is 5.10 Å². The van der Waals surface area contributed by atoms with Crippen LogP contribution in [0.1, 0.15) is 35.6 Å². The van der Waals surface area contributed by atoms with E-state index in [4.69, 9.17) is 5.11 Å². The minimum atomic E-state index is -0.958. The largest absolute Gasteiger partial charge is 0.476 e. The molecule has 0 aromatic carbocycles. The summed E-state index contributed by atoms with van der Waals surface area (Å²) >= 11 is 0. The molecule has 0 aliphatic carbocycles. The Bertz CT molecular complexity index is 315. The van der Waals surface area contributed by atoms with Crippen molar-refractivity contribution in [3.8, 4) is 0 Å². The van der Waals surface area contributed by atoms with Gasteiger partial charge in [0.2, 0.25) is 0 Å². The summed E-state index contributed by atoms with van der Waals surface area (Å²) in [5.74, 6) is -0.519.